The average Bonchev–Trinajstić information content (AvgIpc) is 2.93. The molecule has 4 atom stereocenters. The predicted octanol–water partition coefficient (Wildman–Crippen LogP) is 0.305. The lowest BCUT2D eigenvalue weighted by atomic mass is 9.81. The SMILES string of the molecule is CCOC(=O)N1C(=O)[C@@H]2[C@H](C1=O)[C@@H]1CC[C@@H]2O1. The molecular formula is C11H13NO5. The molecule has 0 unspecified atom stereocenters. The molecule has 6 nitrogen and oxygen atoms in total. The Balaban J connectivity index is 1.88. The van der Waals surface area contributed by atoms with Crippen LogP contribution in [0.1, 0.15) is 19.8 Å². The summed E-state index contributed by atoms with van der Waals surface area (Å²) in [5.41, 5.74) is 0. The van der Waals surface area contributed by atoms with Crippen LogP contribution in [0.5, 0.6) is 0 Å². The highest BCUT2D eigenvalue weighted by molar-refractivity contribution is 6.16. The monoisotopic (exact) mass is 239 g/mol. The van der Waals surface area contributed by atoms with Gasteiger partial charge in [-0.15, -0.1) is 0 Å². The lowest BCUT2D eigenvalue weighted by molar-refractivity contribution is -0.140. The van der Waals surface area contributed by atoms with Crippen LogP contribution < -0.4 is 0 Å². The minimum absolute atomic E-state index is 0.147. The summed E-state index contributed by atoms with van der Waals surface area (Å²) in [6, 6.07) is 0. The van der Waals surface area contributed by atoms with Crippen LogP contribution in [0.3, 0.4) is 0 Å². The topological polar surface area (TPSA) is 72.9 Å². The summed E-state index contributed by atoms with van der Waals surface area (Å²) in [7, 11) is 0. The minimum atomic E-state index is -0.851. The van der Waals surface area contributed by atoms with Crippen molar-refractivity contribution in [2.75, 3.05) is 6.61 Å². The largest absolute Gasteiger partial charge is 0.449 e. The van der Waals surface area contributed by atoms with Gasteiger partial charge in [-0.3, -0.25) is 9.59 Å². The summed E-state index contributed by atoms with van der Waals surface area (Å²) in [4.78, 5) is 36.3. The second-order valence-corrected chi connectivity index (χ2v) is 4.55. The van der Waals surface area contributed by atoms with Gasteiger partial charge in [-0.2, -0.15) is 4.90 Å². The van der Waals surface area contributed by atoms with E-state index in [1.54, 1.807) is 6.92 Å². The van der Waals surface area contributed by atoms with Gasteiger partial charge in [-0.25, -0.2) is 4.79 Å². The van der Waals surface area contributed by atoms with E-state index in [2.05, 4.69) is 0 Å². The fourth-order valence-electron chi connectivity index (χ4n) is 3.08. The molecule has 0 aromatic rings. The third-order valence-corrected chi connectivity index (χ3v) is 3.73. The van der Waals surface area contributed by atoms with Gasteiger partial charge in [0.1, 0.15) is 0 Å². The van der Waals surface area contributed by atoms with E-state index in [-0.39, 0.29) is 18.8 Å². The lowest BCUT2D eigenvalue weighted by Crippen LogP contribution is -2.39. The fourth-order valence-corrected chi connectivity index (χ4v) is 3.08. The maximum Gasteiger partial charge on any atom is 0.423 e. The van der Waals surface area contributed by atoms with Crippen LogP contribution >= 0.6 is 0 Å². The van der Waals surface area contributed by atoms with Gasteiger partial charge in [0.05, 0.1) is 30.7 Å². The first-order chi connectivity index (χ1) is 8.15. The summed E-state index contributed by atoms with van der Waals surface area (Å²) >= 11 is 0. The van der Waals surface area contributed by atoms with Crippen molar-refractivity contribution in [1.82, 2.24) is 4.90 Å². The highest BCUT2D eigenvalue weighted by Crippen LogP contribution is 2.48. The second-order valence-electron chi connectivity index (χ2n) is 4.55. The van der Waals surface area contributed by atoms with Crippen molar-refractivity contribution in [2.24, 2.45) is 11.8 Å². The number of fused-ring (bicyclic) bond motifs is 5. The van der Waals surface area contributed by atoms with Gasteiger partial charge in [0.15, 0.2) is 0 Å². The fraction of sp³-hybridized carbons (Fsp3) is 0.727. The summed E-state index contributed by atoms with van der Waals surface area (Å²) in [5.74, 6) is -1.84. The van der Waals surface area contributed by atoms with Crippen LogP contribution in [0, 0.1) is 11.8 Å². The molecule has 0 aliphatic carbocycles. The third-order valence-electron chi connectivity index (χ3n) is 3.73. The van der Waals surface area contributed by atoms with Gasteiger partial charge in [0.2, 0.25) is 11.8 Å². The molecule has 0 spiro atoms. The maximum atomic E-state index is 12.0. The van der Waals surface area contributed by atoms with Crippen molar-refractivity contribution in [3.63, 3.8) is 0 Å². The Morgan fingerprint density at radius 3 is 2.29 bits per heavy atom. The normalized spacial score (nSPS) is 38.8. The minimum Gasteiger partial charge on any atom is -0.449 e. The van der Waals surface area contributed by atoms with Gasteiger partial charge in [0.25, 0.3) is 0 Å². The molecule has 0 aromatic carbocycles. The molecule has 0 saturated carbocycles. The highest BCUT2D eigenvalue weighted by atomic mass is 16.6. The number of hydrogen-bond donors (Lipinski definition) is 0. The Kier molecular flexibility index (Phi) is 2.22. The van der Waals surface area contributed by atoms with Crippen LogP contribution in [-0.4, -0.2) is 41.6 Å². The van der Waals surface area contributed by atoms with Gasteiger partial charge in [-0.05, 0) is 19.8 Å². The number of hydrogen-bond acceptors (Lipinski definition) is 5. The van der Waals surface area contributed by atoms with E-state index in [9.17, 15) is 14.4 Å². The smallest absolute Gasteiger partial charge is 0.423 e. The summed E-state index contributed by atoms with van der Waals surface area (Å²) in [5, 5.41) is 0. The molecule has 3 aliphatic rings. The van der Waals surface area contributed by atoms with Crippen LogP contribution in [-0.2, 0) is 19.1 Å². The number of likely N-dealkylation sites (tertiary alicyclic amines) is 1. The molecular weight excluding hydrogens is 226 g/mol. The van der Waals surface area contributed by atoms with Crippen molar-refractivity contribution >= 4 is 17.9 Å². The number of ether oxygens (including phenoxy) is 2. The Bertz CT molecular complexity index is 379. The van der Waals surface area contributed by atoms with Crippen LogP contribution in [0.2, 0.25) is 0 Å². The predicted molar refractivity (Wildman–Crippen MR) is 53.8 cm³/mol. The molecule has 3 aliphatic heterocycles. The molecule has 0 N–H and O–H groups in total. The van der Waals surface area contributed by atoms with Gasteiger partial charge < -0.3 is 9.47 Å². The first kappa shape index (κ1) is 10.7. The van der Waals surface area contributed by atoms with E-state index >= 15 is 0 Å². The van der Waals surface area contributed by atoms with E-state index in [1.165, 1.54) is 0 Å². The van der Waals surface area contributed by atoms with E-state index < -0.39 is 29.7 Å². The lowest BCUT2D eigenvalue weighted by Gasteiger charge is -2.14. The molecule has 3 heterocycles. The van der Waals surface area contributed by atoms with Gasteiger partial charge in [0, 0.05) is 0 Å². The van der Waals surface area contributed by atoms with E-state index in [0.717, 1.165) is 12.8 Å². The number of rotatable bonds is 1. The highest BCUT2D eigenvalue weighted by Gasteiger charge is 2.64. The van der Waals surface area contributed by atoms with Crippen molar-refractivity contribution in [3.8, 4) is 0 Å². The van der Waals surface area contributed by atoms with E-state index in [1.807, 2.05) is 0 Å². The van der Waals surface area contributed by atoms with Gasteiger partial charge in [-0.1, -0.05) is 0 Å². The van der Waals surface area contributed by atoms with Crippen molar-refractivity contribution in [3.05, 3.63) is 0 Å². The first-order valence-electron chi connectivity index (χ1n) is 5.85. The standard InChI is InChI=1S/C11H13NO5/c1-2-16-11(15)12-9(13)7-5-3-4-6(17-5)8(7)10(12)14/h5-8H,2-4H2,1H3/t5-,6-,7-,8+/m0/s1. The van der Waals surface area contributed by atoms with Crippen LogP contribution in [0.4, 0.5) is 4.79 Å². The third kappa shape index (κ3) is 1.27. The van der Waals surface area contributed by atoms with Crippen LogP contribution in [0.25, 0.3) is 0 Å². The molecule has 2 bridgehead atoms. The summed E-state index contributed by atoms with van der Waals surface area (Å²) < 4.78 is 10.3. The van der Waals surface area contributed by atoms with Crippen molar-refractivity contribution < 1.29 is 23.9 Å². The zero-order valence-corrected chi connectivity index (χ0v) is 9.42. The summed E-state index contributed by atoms with van der Waals surface area (Å²) in [6.07, 6.45) is 0.348. The summed E-state index contributed by atoms with van der Waals surface area (Å²) in [6.45, 7) is 1.78. The van der Waals surface area contributed by atoms with Crippen molar-refractivity contribution in [1.29, 1.82) is 0 Å². The quantitative estimate of drug-likeness (QED) is 0.615. The van der Waals surface area contributed by atoms with E-state index in [4.69, 9.17) is 9.47 Å². The molecule has 3 amide bonds. The van der Waals surface area contributed by atoms with Crippen LogP contribution in [0.15, 0.2) is 0 Å². The first-order valence-corrected chi connectivity index (χ1v) is 5.85. The molecule has 17 heavy (non-hydrogen) atoms. The number of carbonyl (C=O) groups excluding carboxylic acids is 3. The zero-order chi connectivity index (χ0) is 12.2. The van der Waals surface area contributed by atoms with E-state index in [0.29, 0.717) is 4.90 Å². The molecule has 0 aromatic heterocycles. The average molecular weight is 239 g/mol. The molecule has 3 saturated heterocycles. The maximum absolute atomic E-state index is 12.0. The van der Waals surface area contributed by atoms with Gasteiger partial charge >= 0.3 is 6.09 Å². The molecule has 3 fully saturated rings. The van der Waals surface area contributed by atoms with Crippen molar-refractivity contribution in [2.45, 2.75) is 32.0 Å². The number of carbonyl (C=O) groups is 3. The Morgan fingerprint density at radius 1 is 1.29 bits per heavy atom. The second kappa shape index (κ2) is 3.53. The molecule has 6 heteroatoms. The number of nitrogens with zero attached hydrogens (tertiary/aromatic N) is 1. The molecule has 3 rings (SSSR count). The Labute approximate surface area is 97.8 Å². The molecule has 92 valence electrons. The zero-order valence-electron chi connectivity index (χ0n) is 9.42. The Hall–Kier alpha value is -1.43. The number of imide groups is 3. The molecule has 0 radical (unpaired) electrons. The Morgan fingerprint density at radius 2 is 1.82 bits per heavy atom. The number of amides is 3.